The van der Waals surface area contributed by atoms with Crippen molar-refractivity contribution in [3.8, 4) is 55.6 Å². The van der Waals surface area contributed by atoms with E-state index in [0.717, 1.165) is 11.4 Å². The minimum Gasteiger partial charge on any atom is -0.311 e. The first-order chi connectivity index (χ1) is 34.5. The van der Waals surface area contributed by atoms with E-state index in [2.05, 4.69) is 265 Å². The van der Waals surface area contributed by atoms with Crippen molar-refractivity contribution in [2.24, 2.45) is 0 Å². The molecular formula is C68H57BN2. The van der Waals surface area contributed by atoms with Crippen LogP contribution in [0, 0.1) is 55.4 Å². The summed E-state index contributed by atoms with van der Waals surface area (Å²) in [4.78, 5) is 5.12. The largest absolute Gasteiger partial charge is 0.311 e. The molecule has 0 radical (unpaired) electrons. The van der Waals surface area contributed by atoms with Crippen LogP contribution < -0.4 is 26.2 Å². The van der Waals surface area contributed by atoms with Crippen LogP contribution in [-0.4, -0.2) is 6.71 Å². The van der Waals surface area contributed by atoms with Gasteiger partial charge in [0.05, 0.1) is 0 Å². The third-order valence-electron chi connectivity index (χ3n) is 15.5. The van der Waals surface area contributed by atoms with Crippen LogP contribution in [0.2, 0.25) is 0 Å². The second-order valence-corrected chi connectivity index (χ2v) is 20.1. The van der Waals surface area contributed by atoms with Gasteiger partial charge >= 0.3 is 0 Å². The fraction of sp³-hybridized carbons (Fsp3) is 0.118. The Labute approximate surface area is 420 Å². The van der Waals surface area contributed by atoms with E-state index in [1.165, 1.54) is 139 Å². The van der Waals surface area contributed by atoms with Crippen molar-refractivity contribution in [2.75, 3.05) is 9.80 Å². The Balaban J connectivity index is 1.17. The zero-order valence-corrected chi connectivity index (χ0v) is 42.0. The van der Waals surface area contributed by atoms with Crippen LogP contribution in [-0.2, 0) is 0 Å². The second-order valence-electron chi connectivity index (χ2n) is 20.1. The van der Waals surface area contributed by atoms with E-state index in [1.807, 2.05) is 0 Å². The Bertz CT molecular complexity index is 3430. The van der Waals surface area contributed by atoms with Crippen molar-refractivity contribution in [1.29, 1.82) is 0 Å². The maximum Gasteiger partial charge on any atom is 0.252 e. The summed E-state index contributed by atoms with van der Waals surface area (Å²) in [6.07, 6.45) is 0. The van der Waals surface area contributed by atoms with Crippen LogP contribution in [0.4, 0.5) is 34.1 Å². The van der Waals surface area contributed by atoms with Gasteiger partial charge in [0.2, 0.25) is 0 Å². The summed E-state index contributed by atoms with van der Waals surface area (Å²) in [6, 6.07) is 75.7. The van der Waals surface area contributed by atoms with Gasteiger partial charge in [0.15, 0.2) is 0 Å². The second kappa shape index (κ2) is 17.4. The number of hydrogen-bond donors (Lipinski definition) is 0. The van der Waals surface area contributed by atoms with E-state index < -0.39 is 0 Å². The van der Waals surface area contributed by atoms with Crippen LogP contribution in [0.5, 0.6) is 0 Å². The van der Waals surface area contributed by atoms with Gasteiger partial charge in [-0.1, -0.05) is 152 Å². The van der Waals surface area contributed by atoms with Crippen LogP contribution in [0.25, 0.3) is 55.6 Å². The Hall–Kier alpha value is -8.14. The fourth-order valence-corrected chi connectivity index (χ4v) is 12.3. The van der Waals surface area contributed by atoms with Crippen LogP contribution in [0.15, 0.2) is 200 Å². The predicted molar refractivity (Wildman–Crippen MR) is 306 cm³/mol. The molecule has 0 aromatic heterocycles. The van der Waals surface area contributed by atoms with Crippen molar-refractivity contribution in [2.45, 2.75) is 55.4 Å². The lowest BCUT2D eigenvalue weighted by Crippen LogP contribution is -2.61. The molecule has 10 aromatic rings. The van der Waals surface area contributed by atoms with Crippen molar-refractivity contribution in [3.05, 3.63) is 245 Å². The van der Waals surface area contributed by atoms with Crippen LogP contribution in [0.3, 0.4) is 0 Å². The van der Waals surface area contributed by atoms with Gasteiger partial charge in [-0.05, 0) is 220 Å². The fourth-order valence-electron chi connectivity index (χ4n) is 12.3. The third kappa shape index (κ3) is 7.33. The molecule has 0 fully saturated rings. The van der Waals surface area contributed by atoms with Gasteiger partial charge in [0.1, 0.15) is 0 Å². The Morgan fingerprint density at radius 1 is 0.254 bits per heavy atom. The SMILES string of the molecule is Cc1cccc(C)c1-c1ccc(N2c3ccc(-c4c(C)cccc4C)cc3B3c4cc(-c5c(C)cccc5C)ccc4N(c4ccc(-c5c(C)cccc5C)cc4)c4cc(-c5ccccc5)cc2c43)cc1. The van der Waals surface area contributed by atoms with Crippen molar-refractivity contribution in [1.82, 2.24) is 0 Å². The molecule has 2 nitrogen and oxygen atoms in total. The number of anilines is 6. The molecular weight excluding hydrogens is 856 g/mol. The maximum atomic E-state index is 2.56. The number of rotatable bonds is 7. The molecule has 2 aliphatic rings. The summed E-state index contributed by atoms with van der Waals surface area (Å²) in [6.45, 7) is 17.8. The number of aryl methyl sites for hydroxylation is 8. The Morgan fingerprint density at radius 3 is 0.930 bits per heavy atom. The van der Waals surface area contributed by atoms with Gasteiger partial charge < -0.3 is 9.80 Å². The van der Waals surface area contributed by atoms with E-state index in [1.54, 1.807) is 0 Å². The molecule has 0 amide bonds. The highest BCUT2D eigenvalue weighted by atomic mass is 15.2. The maximum absolute atomic E-state index is 2.56. The minimum absolute atomic E-state index is 0.0707. The standard InChI is InChI=1S/C68H57BN2/c1-42-16-12-17-43(2)64(42)51-26-32-56(33-27-51)70-60-36-30-53(66-46(5)20-14-21-47(66)6)38-58(60)69-59-39-54(67-48(7)22-15-23-49(67)8)31-37-61(59)71(57-34-28-52(29-35-57)65-44(3)18-13-19-45(65)4)63-41-55(40-62(70)68(63)69)50-24-10-9-11-25-50/h9-41H,1-8H3. The monoisotopic (exact) mass is 912 g/mol. The third-order valence-corrected chi connectivity index (χ3v) is 15.5. The molecule has 2 aliphatic heterocycles. The summed E-state index contributed by atoms with van der Waals surface area (Å²) < 4.78 is 0. The van der Waals surface area contributed by atoms with Crippen LogP contribution >= 0.6 is 0 Å². The van der Waals surface area contributed by atoms with E-state index in [4.69, 9.17) is 0 Å². The summed E-state index contributed by atoms with van der Waals surface area (Å²) in [5, 5.41) is 0. The molecule has 0 unspecified atom stereocenters. The molecule has 0 aliphatic carbocycles. The molecule has 12 rings (SSSR count). The lowest BCUT2D eigenvalue weighted by Gasteiger charge is -2.45. The number of benzene rings is 10. The number of nitrogens with zero attached hydrogens (tertiary/aromatic N) is 2. The molecule has 0 saturated heterocycles. The van der Waals surface area contributed by atoms with Crippen molar-refractivity contribution >= 4 is 57.2 Å². The highest BCUT2D eigenvalue weighted by Crippen LogP contribution is 2.48. The zero-order chi connectivity index (χ0) is 48.7. The average Bonchev–Trinajstić information content (AvgIpc) is 3.37. The molecule has 0 N–H and O–H groups in total. The molecule has 10 aromatic carbocycles. The van der Waals surface area contributed by atoms with Crippen molar-refractivity contribution in [3.63, 3.8) is 0 Å². The summed E-state index contributed by atoms with van der Waals surface area (Å²) >= 11 is 0. The van der Waals surface area contributed by atoms with E-state index in [-0.39, 0.29) is 6.71 Å². The Morgan fingerprint density at radius 2 is 0.577 bits per heavy atom. The lowest BCUT2D eigenvalue weighted by molar-refractivity contribution is 1.25. The molecule has 342 valence electrons. The first-order valence-corrected chi connectivity index (χ1v) is 25.1. The summed E-state index contributed by atoms with van der Waals surface area (Å²) in [5.41, 5.74) is 33.7. The van der Waals surface area contributed by atoms with E-state index >= 15 is 0 Å². The lowest BCUT2D eigenvalue weighted by atomic mass is 9.33. The van der Waals surface area contributed by atoms with Gasteiger partial charge in [-0.2, -0.15) is 0 Å². The van der Waals surface area contributed by atoms with Crippen molar-refractivity contribution < 1.29 is 0 Å². The van der Waals surface area contributed by atoms with Gasteiger partial charge in [-0.3, -0.25) is 0 Å². The first kappa shape index (κ1) is 44.1. The van der Waals surface area contributed by atoms with Gasteiger partial charge in [-0.15, -0.1) is 0 Å². The average molecular weight is 913 g/mol. The molecule has 2 heterocycles. The zero-order valence-electron chi connectivity index (χ0n) is 42.0. The molecule has 0 spiro atoms. The smallest absolute Gasteiger partial charge is 0.252 e. The Kier molecular flexibility index (Phi) is 10.8. The van der Waals surface area contributed by atoms with E-state index in [0.29, 0.717) is 0 Å². The summed E-state index contributed by atoms with van der Waals surface area (Å²) in [5.74, 6) is 0. The number of hydrogen-bond acceptors (Lipinski definition) is 2. The van der Waals surface area contributed by atoms with Crippen LogP contribution in [0.1, 0.15) is 44.5 Å². The van der Waals surface area contributed by atoms with E-state index in [9.17, 15) is 0 Å². The molecule has 71 heavy (non-hydrogen) atoms. The molecule has 0 atom stereocenters. The quantitative estimate of drug-likeness (QED) is 0.147. The molecule has 0 bridgehead atoms. The minimum atomic E-state index is -0.0707. The highest BCUT2D eigenvalue weighted by molar-refractivity contribution is 7.00. The van der Waals surface area contributed by atoms with Gasteiger partial charge in [-0.25, -0.2) is 0 Å². The number of fused-ring (bicyclic) bond motifs is 4. The molecule has 3 heteroatoms. The highest BCUT2D eigenvalue weighted by Gasteiger charge is 2.44. The predicted octanol–water partition coefficient (Wildman–Crippen LogP) is 16.6. The van der Waals surface area contributed by atoms with Gasteiger partial charge in [0.25, 0.3) is 6.71 Å². The summed E-state index contributed by atoms with van der Waals surface area (Å²) in [7, 11) is 0. The molecule has 0 saturated carbocycles. The first-order valence-electron chi connectivity index (χ1n) is 25.1. The topological polar surface area (TPSA) is 6.48 Å². The van der Waals surface area contributed by atoms with Gasteiger partial charge in [0, 0.05) is 34.1 Å². The normalized spacial score (nSPS) is 12.4.